The number of nitrogens with zero attached hydrogens (tertiary/aromatic N) is 1. The quantitative estimate of drug-likeness (QED) is 0.349. The number of hydrogen-bond donors (Lipinski definition) is 4. The molecule has 1 amide bonds. The third-order valence-corrected chi connectivity index (χ3v) is 5.26. The zero-order chi connectivity index (χ0) is 19.5. The first-order valence-electron chi connectivity index (χ1n) is 9.37. The van der Waals surface area contributed by atoms with E-state index >= 15 is 0 Å². The predicted molar refractivity (Wildman–Crippen MR) is 104 cm³/mol. The van der Waals surface area contributed by atoms with Gasteiger partial charge in [-0.15, -0.1) is 0 Å². The summed E-state index contributed by atoms with van der Waals surface area (Å²) in [5.74, 6) is 0. The van der Waals surface area contributed by atoms with Gasteiger partial charge in [0, 0.05) is 25.7 Å². The number of ether oxygens (including phenoxy) is 1. The number of nitrogens with one attached hydrogen (secondary N) is 2. The standard InChI is InChI=1S/C18H30N3O5P/c22-18(26-15-16-6-2-1-3-7-16)20-10-5-9-19-17-8-4-11-21(14-17)12-13-27(23,24)25/h1-3,6-7,17,19H,4-5,8-15H2,(H,20,22)(H2,23,24,25). The number of benzene rings is 1. The van der Waals surface area contributed by atoms with Crippen molar-refractivity contribution in [2.45, 2.75) is 31.9 Å². The van der Waals surface area contributed by atoms with Gasteiger partial charge in [-0.25, -0.2) is 4.79 Å². The van der Waals surface area contributed by atoms with Crippen LogP contribution in [0.4, 0.5) is 4.79 Å². The summed E-state index contributed by atoms with van der Waals surface area (Å²) in [5, 5.41) is 6.19. The maximum Gasteiger partial charge on any atom is 0.407 e. The Morgan fingerprint density at radius 2 is 2.04 bits per heavy atom. The Balaban J connectivity index is 1.52. The van der Waals surface area contributed by atoms with Crippen LogP contribution in [-0.2, 0) is 15.9 Å². The highest BCUT2D eigenvalue weighted by Crippen LogP contribution is 2.33. The van der Waals surface area contributed by atoms with Crippen molar-refractivity contribution in [1.29, 1.82) is 0 Å². The predicted octanol–water partition coefficient (Wildman–Crippen LogP) is 1.53. The molecule has 1 aromatic carbocycles. The lowest BCUT2D eigenvalue weighted by Gasteiger charge is -2.33. The second kappa shape index (κ2) is 11.4. The Labute approximate surface area is 160 Å². The molecule has 0 aliphatic carbocycles. The summed E-state index contributed by atoms with van der Waals surface area (Å²) in [5.41, 5.74) is 0.954. The minimum Gasteiger partial charge on any atom is -0.445 e. The number of amides is 1. The Morgan fingerprint density at radius 1 is 1.26 bits per heavy atom. The Morgan fingerprint density at radius 3 is 2.78 bits per heavy atom. The molecule has 1 heterocycles. The summed E-state index contributed by atoms with van der Waals surface area (Å²) in [7, 11) is -3.93. The highest BCUT2D eigenvalue weighted by atomic mass is 31.2. The number of hydrogen-bond acceptors (Lipinski definition) is 5. The molecule has 1 fully saturated rings. The van der Waals surface area contributed by atoms with E-state index in [1.165, 1.54) is 0 Å². The fourth-order valence-electron chi connectivity index (χ4n) is 3.06. The fourth-order valence-corrected chi connectivity index (χ4v) is 3.60. The second-order valence-electron chi connectivity index (χ2n) is 6.82. The Hall–Kier alpha value is -1.44. The van der Waals surface area contributed by atoms with Crippen molar-refractivity contribution in [1.82, 2.24) is 15.5 Å². The summed E-state index contributed by atoms with van der Waals surface area (Å²) in [6.07, 6.45) is 2.36. The van der Waals surface area contributed by atoms with Gasteiger partial charge in [-0.1, -0.05) is 30.3 Å². The van der Waals surface area contributed by atoms with Crippen LogP contribution in [0, 0.1) is 0 Å². The van der Waals surface area contributed by atoms with Gasteiger partial charge in [0.15, 0.2) is 0 Å². The Bertz CT molecular complexity index is 610. The molecule has 1 aromatic rings. The molecule has 1 aliphatic rings. The van der Waals surface area contributed by atoms with Crippen LogP contribution in [0.15, 0.2) is 30.3 Å². The number of rotatable bonds is 10. The lowest BCUT2D eigenvalue weighted by atomic mass is 10.1. The molecule has 8 nitrogen and oxygen atoms in total. The molecule has 4 N–H and O–H groups in total. The van der Waals surface area contributed by atoms with Gasteiger partial charge in [0.05, 0.1) is 6.16 Å². The van der Waals surface area contributed by atoms with E-state index in [-0.39, 0.29) is 12.8 Å². The lowest BCUT2D eigenvalue weighted by Crippen LogP contribution is -2.47. The molecule has 0 spiro atoms. The number of alkyl carbamates (subject to hydrolysis) is 1. The normalized spacial score (nSPS) is 18.2. The van der Waals surface area contributed by atoms with Crippen molar-refractivity contribution in [3.05, 3.63) is 35.9 Å². The van der Waals surface area contributed by atoms with Crippen LogP contribution in [0.5, 0.6) is 0 Å². The fraction of sp³-hybridized carbons (Fsp3) is 0.611. The number of carbonyl (C=O) groups excluding carboxylic acids is 1. The summed E-state index contributed by atoms with van der Waals surface area (Å²) >= 11 is 0. The van der Waals surface area contributed by atoms with Crippen LogP contribution in [0.1, 0.15) is 24.8 Å². The minimum atomic E-state index is -3.93. The highest BCUT2D eigenvalue weighted by molar-refractivity contribution is 7.51. The SMILES string of the molecule is O=C(NCCCNC1CCCN(CCP(=O)(O)O)C1)OCc1ccccc1. The molecule has 0 radical (unpaired) electrons. The van der Waals surface area contributed by atoms with Crippen molar-refractivity contribution >= 4 is 13.7 Å². The molecule has 1 aliphatic heterocycles. The first kappa shape index (κ1) is 21.9. The van der Waals surface area contributed by atoms with Gasteiger partial charge >= 0.3 is 13.7 Å². The molecule has 9 heteroatoms. The van der Waals surface area contributed by atoms with E-state index in [9.17, 15) is 9.36 Å². The highest BCUT2D eigenvalue weighted by Gasteiger charge is 2.22. The van der Waals surface area contributed by atoms with Crippen LogP contribution in [0.3, 0.4) is 0 Å². The van der Waals surface area contributed by atoms with Crippen molar-refractivity contribution in [2.24, 2.45) is 0 Å². The second-order valence-corrected chi connectivity index (χ2v) is 8.60. The van der Waals surface area contributed by atoms with E-state index in [0.717, 1.165) is 44.5 Å². The van der Waals surface area contributed by atoms with E-state index in [2.05, 4.69) is 15.5 Å². The molecule has 152 valence electrons. The molecule has 2 rings (SSSR count). The van der Waals surface area contributed by atoms with E-state index in [0.29, 0.717) is 19.1 Å². The summed E-state index contributed by atoms with van der Waals surface area (Å²) in [6.45, 7) is 3.68. The van der Waals surface area contributed by atoms with Gasteiger partial charge in [0.1, 0.15) is 6.61 Å². The first-order chi connectivity index (χ1) is 12.9. The zero-order valence-corrected chi connectivity index (χ0v) is 16.4. The topological polar surface area (TPSA) is 111 Å². The maximum absolute atomic E-state index is 11.7. The van der Waals surface area contributed by atoms with Crippen LogP contribution in [0.2, 0.25) is 0 Å². The van der Waals surface area contributed by atoms with Crippen LogP contribution in [0.25, 0.3) is 0 Å². The van der Waals surface area contributed by atoms with Crippen LogP contribution in [-0.4, -0.2) is 65.7 Å². The third-order valence-electron chi connectivity index (χ3n) is 4.48. The van der Waals surface area contributed by atoms with Gasteiger partial charge in [0.25, 0.3) is 0 Å². The van der Waals surface area contributed by atoms with Gasteiger partial charge < -0.3 is 30.1 Å². The average Bonchev–Trinajstić information content (AvgIpc) is 2.65. The smallest absolute Gasteiger partial charge is 0.407 e. The van der Waals surface area contributed by atoms with Gasteiger partial charge in [-0.05, 0) is 37.9 Å². The van der Waals surface area contributed by atoms with Crippen molar-refractivity contribution in [2.75, 3.05) is 38.9 Å². The lowest BCUT2D eigenvalue weighted by molar-refractivity contribution is 0.139. The largest absolute Gasteiger partial charge is 0.445 e. The maximum atomic E-state index is 11.7. The monoisotopic (exact) mass is 399 g/mol. The number of piperidine rings is 1. The molecule has 0 aromatic heterocycles. The van der Waals surface area contributed by atoms with E-state index in [1.54, 1.807) is 0 Å². The summed E-state index contributed by atoms with van der Waals surface area (Å²) < 4.78 is 16.1. The molecule has 0 bridgehead atoms. The number of carbonyl (C=O) groups is 1. The summed E-state index contributed by atoms with van der Waals surface area (Å²) in [4.78, 5) is 31.7. The van der Waals surface area contributed by atoms with Gasteiger partial charge in [-0.3, -0.25) is 4.57 Å². The van der Waals surface area contributed by atoms with Gasteiger partial charge in [0.2, 0.25) is 0 Å². The molecule has 1 saturated heterocycles. The molecule has 1 atom stereocenters. The third kappa shape index (κ3) is 9.89. The van der Waals surface area contributed by atoms with Crippen molar-refractivity contribution in [3.8, 4) is 0 Å². The molecular formula is C18H30N3O5P. The average molecular weight is 399 g/mol. The van der Waals surface area contributed by atoms with Crippen LogP contribution < -0.4 is 10.6 Å². The molecule has 1 unspecified atom stereocenters. The molecule has 0 saturated carbocycles. The zero-order valence-electron chi connectivity index (χ0n) is 15.5. The first-order valence-corrected chi connectivity index (χ1v) is 11.2. The van der Waals surface area contributed by atoms with Crippen molar-refractivity contribution < 1.29 is 23.9 Å². The molecular weight excluding hydrogens is 369 g/mol. The van der Waals surface area contributed by atoms with Gasteiger partial charge in [-0.2, -0.15) is 0 Å². The van der Waals surface area contributed by atoms with E-state index < -0.39 is 13.7 Å². The minimum absolute atomic E-state index is 0.0886. The number of likely N-dealkylation sites (tertiary alicyclic amines) is 1. The summed E-state index contributed by atoms with van der Waals surface area (Å²) in [6, 6.07) is 9.86. The van der Waals surface area contributed by atoms with E-state index in [1.807, 2.05) is 30.3 Å². The van der Waals surface area contributed by atoms with Crippen LogP contribution >= 0.6 is 7.60 Å². The Kier molecular flexibility index (Phi) is 9.24. The van der Waals surface area contributed by atoms with E-state index in [4.69, 9.17) is 14.5 Å². The van der Waals surface area contributed by atoms with Crippen molar-refractivity contribution in [3.63, 3.8) is 0 Å². The molecule has 27 heavy (non-hydrogen) atoms.